The first-order valence-electron chi connectivity index (χ1n) is 3.85. The highest BCUT2D eigenvalue weighted by Gasteiger charge is 2.05. The molecule has 5 nitrogen and oxygen atoms in total. The van der Waals surface area contributed by atoms with Gasteiger partial charge in [0.15, 0.2) is 10.8 Å². The zero-order valence-electron chi connectivity index (χ0n) is 7.11. The average molecular weight is 195 g/mol. The van der Waals surface area contributed by atoms with Crippen molar-refractivity contribution in [2.24, 2.45) is 0 Å². The Morgan fingerprint density at radius 2 is 2.54 bits per heavy atom. The first-order valence-corrected chi connectivity index (χ1v) is 4.73. The van der Waals surface area contributed by atoms with Crippen molar-refractivity contribution < 1.29 is 0 Å². The van der Waals surface area contributed by atoms with Crippen molar-refractivity contribution in [3.8, 4) is 10.8 Å². The molecule has 0 spiro atoms. The van der Waals surface area contributed by atoms with Gasteiger partial charge < -0.3 is 5.32 Å². The number of hydrogen-bond acceptors (Lipinski definition) is 5. The Labute approximate surface area is 79.2 Å². The predicted octanol–water partition coefficient (Wildman–Crippen LogP) is 0.648. The second-order valence-corrected chi connectivity index (χ2v) is 3.37. The normalized spacial score (nSPS) is 10.5. The second kappa shape index (κ2) is 3.63. The van der Waals surface area contributed by atoms with Crippen LogP contribution < -0.4 is 5.32 Å². The number of thiazole rings is 1. The summed E-state index contributed by atoms with van der Waals surface area (Å²) in [5.74, 6) is 0.729. The summed E-state index contributed by atoms with van der Waals surface area (Å²) in [6.45, 7) is 0.782. The minimum Gasteiger partial charge on any atom is -0.314 e. The highest BCUT2D eigenvalue weighted by atomic mass is 32.1. The van der Waals surface area contributed by atoms with Crippen molar-refractivity contribution in [3.63, 3.8) is 0 Å². The van der Waals surface area contributed by atoms with Gasteiger partial charge in [-0.2, -0.15) is 5.10 Å². The van der Waals surface area contributed by atoms with E-state index in [0.29, 0.717) is 0 Å². The van der Waals surface area contributed by atoms with Gasteiger partial charge in [0.2, 0.25) is 0 Å². The van der Waals surface area contributed by atoms with Crippen LogP contribution in [0, 0.1) is 0 Å². The lowest BCUT2D eigenvalue weighted by molar-refractivity contribution is 0.798. The summed E-state index contributed by atoms with van der Waals surface area (Å²) in [7, 11) is 1.90. The third kappa shape index (κ3) is 1.73. The van der Waals surface area contributed by atoms with Gasteiger partial charge in [0.05, 0.1) is 5.69 Å². The van der Waals surface area contributed by atoms with Crippen LogP contribution in [0.25, 0.3) is 10.8 Å². The lowest BCUT2D eigenvalue weighted by Crippen LogP contribution is -2.04. The van der Waals surface area contributed by atoms with Crippen molar-refractivity contribution in [2.45, 2.75) is 6.54 Å². The van der Waals surface area contributed by atoms with Crippen molar-refractivity contribution >= 4 is 11.3 Å². The van der Waals surface area contributed by atoms with E-state index >= 15 is 0 Å². The topological polar surface area (TPSA) is 66.5 Å². The van der Waals surface area contributed by atoms with Crippen LogP contribution in [0.5, 0.6) is 0 Å². The van der Waals surface area contributed by atoms with Crippen LogP contribution in [0.4, 0.5) is 0 Å². The molecule has 0 amide bonds. The van der Waals surface area contributed by atoms with Gasteiger partial charge in [0.1, 0.15) is 6.33 Å². The molecule has 0 aliphatic rings. The summed E-state index contributed by atoms with van der Waals surface area (Å²) in [5.41, 5.74) is 1.03. The molecule has 0 aromatic carbocycles. The number of aromatic nitrogens is 4. The molecule has 0 saturated carbocycles. The SMILES string of the molecule is CNCc1csc(-c2ncn[nH]2)n1. The fourth-order valence-corrected chi connectivity index (χ4v) is 1.75. The van der Waals surface area contributed by atoms with E-state index in [1.165, 1.54) is 6.33 Å². The monoisotopic (exact) mass is 195 g/mol. The van der Waals surface area contributed by atoms with Crippen molar-refractivity contribution in [3.05, 3.63) is 17.4 Å². The first kappa shape index (κ1) is 8.33. The largest absolute Gasteiger partial charge is 0.314 e. The van der Waals surface area contributed by atoms with Crippen LogP contribution in [0.1, 0.15) is 5.69 Å². The molecule has 2 heterocycles. The van der Waals surface area contributed by atoms with Crippen LogP contribution >= 0.6 is 11.3 Å². The van der Waals surface area contributed by atoms with E-state index in [1.807, 2.05) is 12.4 Å². The van der Waals surface area contributed by atoms with Crippen molar-refractivity contribution in [1.82, 2.24) is 25.5 Å². The van der Waals surface area contributed by atoms with Crippen LogP contribution in [0.3, 0.4) is 0 Å². The van der Waals surface area contributed by atoms with Crippen LogP contribution in [0.2, 0.25) is 0 Å². The highest BCUT2D eigenvalue weighted by Crippen LogP contribution is 2.18. The van der Waals surface area contributed by atoms with Gasteiger partial charge >= 0.3 is 0 Å². The molecule has 0 unspecified atom stereocenters. The highest BCUT2D eigenvalue weighted by molar-refractivity contribution is 7.13. The molecule has 68 valence electrons. The Morgan fingerprint density at radius 3 is 3.23 bits per heavy atom. The fraction of sp³-hybridized carbons (Fsp3) is 0.286. The molecule has 0 aliphatic carbocycles. The molecule has 0 radical (unpaired) electrons. The third-order valence-corrected chi connectivity index (χ3v) is 2.43. The Morgan fingerprint density at radius 1 is 1.62 bits per heavy atom. The predicted molar refractivity (Wildman–Crippen MR) is 50.3 cm³/mol. The van der Waals surface area contributed by atoms with Crippen LogP contribution in [-0.2, 0) is 6.54 Å². The van der Waals surface area contributed by atoms with E-state index in [0.717, 1.165) is 23.1 Å². The number of nitrogens with one attached hydrogen (secondary N) is 2. The molecule has 2 N–H and O–H groups in total. The average Bonchev–Trinajstić information content (AvgIpc) is 2.70. The number of H-pyrrole nitrogens is 1. The molecule has 0 aliphatic heterocycles. The summed E-state index contributed by atoms with van der Waals surface area (Å²) in [6.07, 6.45) is 1.48. The number of hydrogen-bond donors (Lipinski definition) is 2. The van der Waals surface area contributed by atoms with E-state index in [9.17, 15) is 0 Å². The molecule has 6 heteroatoms. The molecule has 2 aromatic rings. The summed E-state index contributed by atoms with van der Waals surface area (Å²) in [5, 5.41) is 12.5. The maximum absolute atomic E-state index is 4.36. The number of nitrogens with zero attached hydrogens (tertiary/aromatic N) is 3. The van der Waals surface area contributed by atoms with Gasteiger partial charge in [-0.1, -0.05) is 0 Å². The molecule has 2 rings (SSSR count). The van der Waals surface area contributed by atoms with Crippen LogP contribution in [0.15, 0.2) is 11.7 Å². The first-order chi connectivity index (χ1) is 6.40. The minimum absolute atomic E-state index is 0.729. The summed E-state index contributed by atoms with van der Waals surface area (Å²) in [4.78, 5) is 8.39. The second-order valence-electron chi connectivity index (χ2n) is 2.51. The van der Waals surface area contributed by atoms with Crippen molar-refractivity contribution in [2.75, 3.05) is 7.05 Å². The zero-order valence-corrected chi connectivity index (χ0v) is 7.93. The number of aromatic amines is 1. The Bertz CT molecular complexity index is 366. The Hall–Kier alpha value is -1.27. The molecular weight excluding hydrogens is 186 g/mol. The van der Waals surface area contributed by atoms with Gasteiger partial charge in [-0.3, -0.25) is 5.10 Å². The standard InChI is InChI=1S/C7H9N5S/c1-8-2-5-3-13-7(11-5)6-9-4-10-12-6/h3-4,8H,2H2,1H3,(H,9,10,12). The van der Waals surface area contributed by atoms with E-state index in [2.05, 4.69) is 25.5 Å². The molecular formula is C7H9N5S. The molecule has 0 fully saturated rings. The summed E-state index contributed by atoms with van der Waals surface area (Å²) >= 11 is 1.56. The lowest BCUT2D eigenvalue weighted by Gasteiger charge is -1.90. The van der Waals surface area contributed by atoms with Crippen LogP contribution in [-0.4, -0.2) is 27.2 Å². The van der Waals surface area contributed by atoms with Gasteiger partial charge in [-0.25, -0.2) is 9.97 Å². The summed E-state index contributed by atoms with van der Waals surface area (Å²) in [6, 6.07) is 0. The van der Waals surface area contributed by atoms with E-state index in [-0.39, 0.29) is 0 Å². The summed E-state index contributed by atoms with van der Waals surface area (Å²) < 4.78 is 0. The molecule has 0 bridgehead atoms. The third-order valence-electron chi connectivity index (χ3n) is 1.53. The fourth-order valence-electron chi connectivity index (χ4n) is 0.987. The Kier molecular flexibility index (Phi) is 2.33. The molecule has 13 heavy (non-hydrogen) atoms. The van der Waals surface area contributed by atoms with Gasteiger partial charge in [-0.15, -0.1) is 11.3 Å². The van der Waals surface area contributed by atoms with E-state index in [4.69, 9.17) is 0 Å². The van der Waals surface area contributed by atoms with Gasteiger partial charge in [0.25, 0.3) is 0 Å². The van der Waals surface area contributed by atoms with Gasteiger partial charge in [0, 0.05) is 11.9 Å². The zero-order chi connectivity index (χ0) is 9.10. The lowest BCUT2D eigenvalue weighted by atomic mass is 10.5. The van der Waals surface area contributed by atoms with Gasteiger partial charge in [-0.05, 0) is 7.05 Å². The quantitative estimate of drug-likeness (QED) is 0.754. The van der Waals surface area contributed by atoms with Crippen molar-refractivity contribution in [1.29, 1.82) is 0 Å². The maximum Gasteiger partial charge on any atom is 0.184 e. The molecule has 0 atom stereocenters. The number of rotatable bonds is 3. The smallest absolute Gasteiger partial charge is 0.184 e. The van der Waals surface area contributed by atoms with E-state index in [1.54, 1.807) is 11.3 Å². The maximum atomic E-state index is 4.36. The minimum atomic E-state index is 0.729. The Balaban J connectivity index is 2.23. The molecule has 2 aromatic heterocycles. The molecule has 0 saturated heterocycles. The van der Waals surface area contributed by atoms with E-state index < -0.39 is 0 Å².